The Kier molecular flexibility index (Phi) is 7.56. The number of nitrogens with zero attached hydrogens (tertiary/aromatic N) is 1. The summed E-state index contributed by atoms with van der Waals surface area (Å²) in [5, 5.41) is 4.99. The molecule has 0 heterocycles. The van der Waals surface area contributed by atoms with Gasteiger partial charge in [-0.25, -0.2) is 0 Å². The van der Waals surface area contributed by atoms with Gasteiger partial charge in [-0.05, 0) is 73.9 Å². The van der Waals surface area contributed by atoms with E-state index in [0.717, 1.165) is 17.9 Å². The third-order valence-corrected chi connectivity index (χ3v) is 4.86. The Hall–Kier alpha value is -1.49. The van der Waals surface area contributed by atoms with E-state index < -0.39 is 0 Å². The summed E-state index contributed by atoms with van der Waals surface area (Å²) < 4.78 is 5.26. The highest BCUT2D eigenvalue weighted by Crippen LogP contribution is 2.28. The average molecular weight is 411 g/mol. The van der Waals surface area contributed by atoms with Crippen molar-refractivity contribution in [2.75, 3.05) is 17.3 Å². The molecule has 0 saturated carbocycles. The van der Waals surface area contributed by atoms with Crippen molar-refractivity contribution in [2.45, 2.75) is 33.2 Å². The molecule has 0 saturated heterocycles. The first kappa shape index (κ1) is 20.8. The van der Waals surface area contributed by atoms with E-state index in [1.54, 1.807) is 25.3 Å². The van der Waals surface area contributed by atoms with Gasteiger partial charge in [-0.2, -0.15) is 0 Å². The molecule has 26 heavy (non-hydrogen) atoms. The second-order valence-corrected chi connectivity index (χ2v) is 7.83. The van der Waals surface area contributed by atoms with Crippen molar-refractivity contribution in [3.05, 3.63) is 52.5 Å². The molecule has 0 bridgehead atoms. The largest absolute Gasteiger partial charge is 0.497 e. The molecule has 0 aliphatic rings. The average Bonchev–Trinajstić information content (AvgIpc) is 2.58. The van der Waals surface area contributed by atoms with Gasteiger partial charge in [-0.3, -0.25) is 0 Å². The van der Waals surface area contributed by atoms with Crippen LogP contribution < -0.4 is 15.0 Å². The van der Waals surface area contributed by atoms with Gasteiger partial charge in [0.15, 0.2) is 5.11 Å². The van der Waals surface area contributed by atoms with Crippen molar-refractivity contribution < 1.29 is 4.74 Å². The van der Waals surface area contributed by atoms with E-state index in [-0.39, 0.29) is 6.04 Å². The van der Waals surface area contributed by atoms with Gasteiger partial charge in [-0.15, -0.1) is 0 Å². The predicted octanol–water partition coefficient (Wildman–Crippen LogP) is 6.64. The highest BCUT2D eigenvalue weighted by Gasteiger charge is 2.21. The van der Waals surface area contributed by atoms with Crippen molar-refractivity contribution >= 4 is 51.9 Å². The lowest BCUT2D eigenvalue weighted by Crippen LogP contribution is -2.42. The van der Waals surface area contributed by atoms with E-state index in [1.807, 2.05) is 24.3 Å². The molecule has 6 heteroatoms. The fraction of sp³-hybridized carbons (Fsp3) is 0.350. The minimum atomic E-state index is 0.210. The van der Waals surface area contributed by atoms with Gasteiger partial charge >= 0.3 is 0 Å². The van der Waals surface area contributed by atoms with Crippen LogP contribution in [0.15, 0.2) is 42.5 Å². The van der Waals surface area contributed by atoms with Gasteiger partial charge in [0.1, 0.15) is 5.75 Å². The van der Waals surface area contributed by atoms with Gasteiger partial charge in [0.25, 0.3) is 0 Å². The van der Waals surface area contributed by atoms with Gasteiger partial charge in [0.05, 0.1) is 17.8 Å². The van der Waals surface area contributed by atoms with Gasteiger partial charge in [-0.1, -0.05) is 37.0 Å². The van der Waals surface area contributed by atoms with Crippen LogP contribution in [0.5, 0.6) is 5.75 Å². The molecule has 3 nitrogen and oxygen atoms in total. The number of benzene rings is 2. The van der Waals surface area contributed by atoms with E-state index in [0.29, 0.717) is 26.8 Å². The van der Waals surface area contributed by atoms with Crippen LogP contribution in [0.1, 0.15) is 27.2 Å². The zero-order valence-corrected chi connectivity index (χ0v) is 17.8. The van der Waals surface area contributed by atoms with Crippen LogP contribution >= 0.6 is 35.4 Å². The van der Waals surface area contributed by atoms with Crippen molar-refractivity contribution in [2.24, 2.45) is 5.92 Å². The maximum atomic E-state index is 6.28. The summed E-state index contributed by atoms with van der Waals surface area (Å²) in [4.78, 5) is 2.10. The Morgan fingerprint density at radius 1 is 1.12 bits per heavy atom. The van der Waals surface area contributed by atoms with Gasteiger partial charge in [0, 0.05) is 16.8 Å². The molecule has 1 N–H and O–H groups in total. The summed E-state index contributed by atoms with van der Waals surface area (Å²) in [6.45, 7) is 6.57. The van der Waals surface area contributed by atoms with E-state index in [4.69, 9.17) is 40.2 Å². The van der Waals surface area contributed by atoms with Crippen molar-refractivity contribution in [1.29, 1.82) is 0 Å². The molecule has 0 amide bonds. The summed E-state index contributed by atoms with van der Waals surface area (Å²) in [5.74, 6) is 1.35. The molecular formula is C20H24Cl2N2OS. The number of nitrogens with one attached hydrogen (secondary N) is 1. The Balaban J connectivity index is 2.32. The second kappa shape index (κ2) is 9.45. The maximum Gasteiger partial charge on any atom is 0.178 e. The monoisotopic (exact) mass is 410 g/mol. The predicted molar refractivity (Wildman–Crippen MR) is 117 cm³/mol. The smallest absolute Gasteiger partial charge is 0.178 e. The number of halogens is 2. The lowest BCUT2D eigenvalue weighted by molar-refractivity contribution is 0.415. The van der Waals surface area contributed by atoms with Crippen molar-refractivity contribution in [3.63, 3.8) is 0 Å². The number of rotatable bonds is 6. The molecule has 1 atom stereocenters. The molecule has 0 radical (unpaired) electrons. The number of ether oxygens (including phenoxy) is 1. The molecule has 0 aliphatic heterocycles. The summed E-state index contributed by atoms with van der Waals surface area (Å²) in [6, 6.07) is 13.4. The summed E-state index contributed by atoms with van der Waals surface area (Å²) in [5.41, 5.74) is 1.69. The lowest BCUT2D eigenvalue weighted by Gasteiger charge is -2.33. The van der Waals surface area contributed by atoms with Crippen LogP contribution in [-0.2, 0) is 0 Å². The Morgan fingerprint density at radius 2 is 1.77 bits per heavy atom. The van der Waals surface area contributed by atoms with Gasteiger partial charge < -0.3 is 15.0 Å². The normalized spacial score (nSPS) is 12.0. The first-order chi connectivity index (χ1) is 12.3. The summed E-state index contributed by atoms with van der Waals surface area (Å²) >= 11 is 18.1. The fourth-order valence-electron chi connectivity index (χ4n) is 2.87. The molecule has 0 fully saturated rings. The first-order valence-corrected chi connectivity index (χ1v) is 9.67. The lowest BCUT2D eigenvalue weighted by atomic mass is 10.0. The number of hydrogen-bond acceptors (Lipinski definition) is 2. The summed E-state index contributed by atoms with van der Waals surface area (Å²) in [7, 11) is 1.65. The topological polar surface area (TPSA) is 24.5 Å². The van der Waals surface area contributed by atoms with Crippen molar-refractivity contribution in [3.8, 4) is 5.75 Å². The highest BCUT2D eigenvalue weighted by atomic mass is 35.5. The SMILES string of the molecule is COc1ccc(N(C(=S)Nc2cc(Cl)ccc2Cl)C(C)CC(C)C)cc1. The Morgan fingerprint density at radius 3 is 2.35 bits per heavy atom. The third-order valence-electron chi connectivity index (χ3n) is 3.99. The molecule has 2 aromatic rings. The molecule has 0 aliphatic carbocycles. The number of hydrogen-bond donors (Lipinski definition) is 1. The Bertz CT molecular complexity index is 750. The molecule has 0 spiro atoms. The minimum Gasteiger partial charge on any atom is -0.497 e. The van der Waals surface area contributed by atoms with Crippen LogP contribution in [0.2, 0.25) is 10.0 Å². The van der Waals surface area contributed by atoms with E-state index in [9.17, 15) is 0 Å². The molecule has 2 rings (SSSR count). The van der Waals surface area contributed by atoms with Gasteiger partial charge in [0.2, 0.25) is 0 Å². The summed E-state index contributed by atoms with van der Waals surface area (Å²) in [6.07, 6.45) is 0.997. The number of anilines is 2. The van der Waals surface area contributed by atoms with Crippen LogP contribution in [0.3, 0.4) is 0 Å². The van der Waals surface area contributed by atoms with Crippen LogP contribution in [0, 0.1) is 5.92 Å². The van der Waals surface area contributed by atoms with E-state index in [2.05, 4.69) is 31.0 Å². The molecule has 1 unspecified atom stereocenters. The number of thiocarbonyl (C=S) groups is 1. The van der Waals surface area contributed by atoms with Crippen LogP contribution in [0.4, 0.5) is 11.4 Å². The second-order valence-electron chi connectivity index (χ2n) is 6.60. The zero-order valence-electron chi connectivity index (χ0n) is 15.4. The molecule has 140 valence electrons. The molecular weight excluding hydrogens is 387 g/mol. The molecule has 0 aromatic heterocycles. The Labute approximate surface area is 171 Å². The van der Waals surface area contributed by atoms with Crippen LogP contribution in [0.25, 0.3) is 0 Å². The quantitative estimate of drug-likeness (QED) is 0.539. The third kappa shape index (κ3) is 5.50. The highest BCUT2D eigenvalue weighted by molar-refractivity contribution is 7.80. The zero-order chi connectivity index (χ0) is 19.3. The van der Waals surface area contributed by atoms with Crippen molar-refractivity contribution in [1.82, 2.24) is 0 Å². The van der Waals surface area contributed by atoms with E-state index >= 15 is 0 Å². The van der Waals surface area contributed by atoms with Crippen LogP contribution in [-0.4, -0.2) is 18.3 Å². The first-order valence-electron chi connectivity index (χ1n) is 8.51. The fourth-order valence-corrected chi connectivity index (χ4v) is 3.60. The molecule has 2 aromatic carbocycles. The van der Waals surface area contributed by atoms with E-state index in [1.165, 1.54) is 0 Å². The minimum absolute atomic E-state index is 0.210. The number of methoxy groups -OCH3 is 1. The maximum absolute atomic E-state index is 6.28. The standard InChI is InChI=1S/C20H24Cl2N2OS/c1-13(2)11-14(3)24(16-6-8-17(25-4)9-7-16)20(26)23-19-12-15(21)5-10-18(19)22/h5-10,12-14H,11H2,1-4H3,(H,23,26).